The number of ether oxygens (including phenoxy) is 1. The minimum absolute atomic E-state index is 0.0611. The number of nitrogens with one attached hydrogen (secondary N) is 2. The molecule has 0 amide bonds. The molecule has 1 aromatic heterocycles. The predicted molar refractivity (Wildman–Crippen MR) is 120 cm³/mol. The third kappa shape index (κ3) is 3.81. The van der Waals surface area contributed by atoms with Gasteiger partial charge in [-0.05, 0) is 59.4 Å². The number of aliphatic hydroxyl groups excluding tert-OH is 1. The van der Waals surface area contributed by atoms with Crippen LogP contribution in [0.5, 0.6) is 11.6 Å². The van der Waals surface area contributed by atoms with Gasteiger partial charge < -0.3 is 9.84 Å². The molecule has 3 aromatic rings. The molecule has 3 fully saturated rings. The number of rotatable bonds is 5. The number of aliphatic hydroxyl groups is 1. The number of likely N-dealkylation sites (tertiary alicyclic amines) is 1. The van der Waals surface area contributed by atoms with Gasteiger partial charge >= 0.3 is 0 Å². The minimum atomic E-state index is -0.0611. The molecule has 3 N–H and O–H groups in total. The van der Waals surface area contributed by atoms with E-state index in [0.29, 0.717) is 17.3 Å². The van der Waals surface area contributed by atoms with Crippen LogP contribution in [0.15, 0.2) is 54.7 Å². The smallest absolute Gasteiger partial charge is 0.219 e. The molecule has 6 rings (SSSR count). The lowest BCUT2D eigenvalue weighted by Crippen LogP contribution is -2.63. The van der Waals surface area contributed by atoms with E-state index in [1.807, 2.05) is 18.3 Å². The molecule has 3 heterocycles. The van der Waals surface area contributed by atoms with Crippen LogP contribution in [-0.2, 0) is 6.54 Å². The molecule has 0 bridgehead atoms. The number of fused-ring (bicyclic) bond motifs is 1. The van der Waals surface area contributed by atoms with Crippen LogP contribution in [0.1, 0.15) is 36.4 Å². The van der Waals surface area contributed by atoms with Crippen molar-refractivity contribution in [2.75, 3.05) is 19.6 Å². The van der Waals surface area contributed by atoms with Crippen LogP contribution in [0.3, 0.4) is 0 Å². The molecule has 1 aliphatic carbocycles. The summed E-state index contributed by atoms with van der Waals surface area (Å²) in [4.78, 5) is 6.96. The van der Waals surface area contributed by atoms with E-state index in [2.05, 4.69) is 57.1 Å². The third-order valence-corrected chi connectivity index (χ3v) is 6.96. The molecule has 1 atom stereocenters. The van der Waals surface area contributed by atoms with Gasteiger partial charge in [0.15, 0.2) is 0 Å². The van der Waals surface area contributed by atoms with Gasteiger partial charge in [-0.25, -0.2) is 4.98 Å². The summed E-state index contributed by atoms with van der Waals surface area (Å²) < 4.78 is 6.00. The third-order valence-electron chi connectivity index (χ3n) is 6.96. The summed E-state index contributed by atoms with van der Waals surface area (Å²) in [6.45, 7) is 4.19. The average Bonchev–Trinajstić information content (AvgIpc) is 3.27. The van der Waals surface area contributed by atoms with Gasteiger partial charge in [0.25, 0.3) is 0 Å². The van der Waals surface area contributed by atoms with Gasteiger partial charge in [-0.2, -0.15) is 0 Å². The number of hydrogen-bond acceptors (Lipinski definition) is 6. The number of pyridine rings is 1. The van der Waals surface area contributed by atoms with Gasteiger partial charge in [0.1, 0.15) is 5.75 Å². The zero-order chi connectivity index (χ0) is 20.8. The molecular formula is C25H28N4O2. The fourth-order valence-electron chi connectivity index (χ4n) is 5.42. The fraction of sp³-hybridized carbons (Fsp3) is 0.400. The van der Waals surface area contributed by atoms with E-state index in [0.717, 1.165) is 51.2 Å². The SMILES string of the molecule is OC1CC2(C1)CN(Cc1ccc3cc(Oc4ccc(C5CCNN5)cn4)ccc3c1)C2. The van der Waals surface area contributed by atoms with Gasteiger partial charge in [-0.1, -0.05) is 24.3 Å². The lowest BCUT2D eigenvalue weighted by Gasteiger charge is -2.58. The molecule has 31 heavy (non-hydrogen) atoms. The largest absolute Gasteiger partial charge is 0.439 e. The van der Waals surface area contributed by atoms with Gasteiger partial charge in [-0.15, -0.1) is 0 Å². The average molecular weight is 417 g/mol. The van der Waals surface area contributed by atoms with E-state index >= 15 is 0 Å². The number of nitrogens with zero attached hydrogens (tertiary/aromatic N) is 2. The minimum Gasteiger partial charge on any atom is -0.439 e. The Hall–Kier alpha value is -2.51. The summed E-state index contributed by atoms with van der Waals surface area (Å²) >= 11 is 0. The molecule has 160 valence electrons. The molecular weight excluding hydrogens is 388 g/mol. The normalized spacial score (nSPS) is 23.1. The number of hydrazine groups is 1. The van der Waals surface area contributed by atoms with E-state index in [1.54, 1.807) is 0 Å². The Morgan fingerprint density at radius 2 is 1.90 bits per heavy atom. The van der Waals surface area contributed by atoms with E-state index in [4.69, 9.17) is 4.74 Å². The molecule has 1 unspecified atom stereocenters. The Kier molecular flexibility index (Phi) is 4.69. The second kappa shape index (κ2) is 7.57. The quantitative estimate of drug-likeness (QED) is 0.591. The second-order valence-corrected chi connectivity index (χ2v) is 9.49. The van der Waals surface area contributed by atoms with Crippen LogP contribution >= 0.6 is 0 Å². The van der Waals surface area contributed by atoms with Gasteiger partial charge in [-0.3, -0.25) is 15.8 Å². The summed E-state index contributed by atoms with van der Waals surface area (Å²) in [6.07, 6.45) is 4.86. The molecule has 1 spiro atoms. The van der Waals surface area contributed by atoms with Crippen molar-refractivity contribution in [3.05, 3.63) is 65.9 Å². The first kappa shape index (κ1) is 19.2. The predicted octanol–water partition coefficient (Wildman–Crippen LogP) is 3.52. The standard InChI is InChI=1S/C25H28N4O2/c30-21-11-25(12-21)15-29(16-25)14-17-1-2-19-10-22(5-3-18(19)9-17)31-24-6-4-20(13-26-24)23-7-8-27-28-23/h1-6,9-10,13,21,23,27-28,30H,7-8,11-12,14-16H2. The van der Waals surface area contributed by atoms with Gasteiger partial charge in [0.05, 0.1) is 6.10 Å². The summed E-state index contributed by atoms with van der Waals surface area (Å²) in [7, 11) is 0. The maximum atomic E-state index is 9.58. The first-order valence-electron chi connectivity index (χ1n) is 11.2. The van der Waals surface area contributed by atoms with Crippen LogP contribution in [0.4, 0.5) is 0 Å². The van der Waals surface area contributed by atoms with Crippen molar-refractivity contribution in [2.45, 2.75) is 38.0 Å². The maximum Gasteiger partial charge on any atom is 0.219 e. The van der Waals surface area contributed by atoms with Crippen LogP contribution in [0.25, 0.3) is 10.8 Å². The molecule has 2 aliphatic heterocycles. The number of aromatic nitrogens is 1. The summed E-state index contributed by atoms with van der Waals surface area (Å²) in [6, 6.07) is 17.2. The van der Waals surface area contributed by atoms with Crippen molar-refractivity contribution in [1.29, 1.82) is 0 Å². The highest BCUT2D eigenvalue weighted by Crippen LogP contribution is 2.48. The number of hydrogen-bond donors (Lipinski definition) is 3. The van der Waals surface area contributed by atoms with Crippen molar-refractivity contribution in [2.24, 2.45) is 5.41 Å². The first-order valence-corrected chi connectivity index (χ1v) is 11.2. The Morgan fingerprint density at radius 1 is 1.06 bits per heavy atom. The van der Waals surface area contributed by atoms with E-state index in [-0.39, 0.29) is 6.10 Å². The highest BCUT2D eigenvalue weighted by Gasteiger charge is 2.51. The van der Waals surface area contributed by atoms with Crippen LogP contribution in [0, 0.1) is 5.41 Å². The Morgan fingerprint density at radius 3 is 2.65 bits per heavy atom. The molecule has 6 nitrogen and oxygen atoms in total. The molecule has 2 saturated heterocycles. The Balaban J connectivity index is 1.10. The van der Waals surface area contributed by atoms with Crippen LogP contribution in [-0.4, -0.2) is 40.7 Å². The van der Waals surface area contributed by atoms with Crippen molar-refractivity contribution in [1.82, 2.24) is 20.7 Å². The molecule has 1 saturated carbocycles. The highest BCUT2D eigenvalue weighted by molar-refractivity contribution is 5.84. The van der Waals surface area contributed by atoms with Crippen molar-refractivity contribution < 1.29 is 9.84 Å². The Bertz CT molecular complexity index is 1080. The van der Waals surface area contributed by atoms with Crippen molar-refractivity contribution in [3.8, 4) is 11.6 Å². The van der Waals surface area contributed by atoms with Crippen LogP contribution < -0.4 is 15.6 Å². The van der Waals surface area contributed by atoms with E-state index in [1.165, 1.54) is 21.9 Å². The zero-order valence-electron chi connectivity index (χ0n) is 17.6. The maximum absolute atomic E-state index is 9.58. The summed E-state index contributed by atoms with van der Waals surface area (Å²) in [5, 5.41) is 12.0. The molecule has 0 radical (unpaired) electrons. The molecule has 2 aromatic carbocycles. The molecule has 6 heteroatoms. The monoisotopic (exact) mass is 416 g/mol. The van der Waals surface area contributed by atoms with Crippen molar-refractivity contribution in [3.63, 3.8) is 0 Å². The fourth-order valence-corrected chi connectivity index (χ4v) is 5.42. The lowest BCUT2D eigenvalue weighted by molar-refractivity contribution is -0.131. The summed E-state index contributed by atoms with van der Waals surface area (Å²) in [5.74, 6) is 1.41. The van der Waals surface area contributed by atoms with Crippen LogP contribution in [0.2, 0.25) is 0 Å². The zero-order valence-corrected chi connectivity index (χ0v) is 17.6. The van der Waals surface area contributed by atoms with E-state index < -0.39 is 0 Å². The first-order chi connectivity index (χ1) is 15.1. The Labute approximate surface area is 182 Å². The lowest BCUT2D eigenvalue weighted by atomic mass is 9.62. The van der Waals surface area contributed by atoms with Gasteiger partial charge in [0, 0.05) is 49.9 Å². The van der Waals surface area contributed by atoms with Crippen molar-refractivity contribution >= 4 is 10.8 Å². The molecule has 3 aliphatic rings. The highest BCUT2D eigenvalue weighted by atomic mass is 16.5. The van der Waals surface area contributed by atoms with E-state index in [9.17, 15) is 5.11 Å². The topological polar surface area (TPSA) is 69.7 Å². The van der Waals surface area contributed by atoms with Gasteiger partial charge in [0.2, 0.25) is 5.88 Å². The summed E-state index contributed by atoms with van der Waals surface area (Å²) in [5.41, 5.74) is 9.33. The number of benzene rings is 2. The second-order valence-electron chi connectivity index (χ2n) is 9.49.